The maximum Gasteiger partial charge on any atom is 0.407 e. The van der Waals surface area contributed by atoms with E-state index >= 15 is 0 Å². The molecule has 1 rings (SSSR count). The smallest absolute Gasteiger partial charge is 0.407 e. The molecule has 0 aromatic heterocycles. The molecular formula is C11H21ClN2O2. The summed E-state index contributed by atoms with van der Waals surface area (Å²) < 4.78 is 6.93. The van der Waals surface area contributed by atoms with Crippen molar-refractivity contribution < 1.29 is 9.53 Å². The molecule has 0 aromatic carbocycles. The summed E-state index contributed by atoms with van der Waals surface area (Å²) in [7, 11) is 0. The third-order valence-corrected chi connectivity index (χ3v) is 3.00. The average molecular weight is 249 g/mol. The number of rotatable bonds is 1. The molecule has 0 aromatic rings. The van der Waals surface area contributed by atoms with Crippen LogP contribution < -0.4 is 5.32 Å². The Hall–Kier alpha value is -0.480. The Bertz CT molecular complexity index is 253. The molecule has 1 fully saturated rings. The number of piperidine rings is 1. The zero-order valence-electron chi connectivity index (χ0n) is 10.4. The fourth-order valence-electron chi connectivity index (χ4n) is 1.66. The van der Waals surface area contributed by atoms with Gasteiger partial charge in [-0.3, -0.25) is 0 Å². The number of ether oxygens (including phenoxy) is 1. The van der Waals surface area contributed by atoms with E-state index in [4.69, 9.17) is 16.5 Å². The van der Waals surface area contributed by atoms with Crippen LogP contribution in [0.4, 0.5) is 4.79 Å². The first-order valence-electron chi connectivity index (χ1n) is 5.70. The summed E-state index contributed by atoms with van der Waals surface area (Å²) >= 11 is 6.02. The average Bonchev–Trinajstić information content (AvgIpc) is 2.08. The molecule has 0 unspecified atom stereocenters. The number of carbonyl (C=O) groups excluding carboxylic acids is 1. The van der Waals surface area contributed by atoms with Gasteiger partial charge in [0.1, 0.15) is 5.60 Å². The fourth-order valence-corrected chi connectivity index (χ4v) is 1.92. The van der Waals surface area contributed by atoms with Crippen LogP contribution in [0.25, 0.3) is 0 Å². The van der Waals surface area contributed by atoms with E-state index < -0.39 is 5.60 Å². The van der Waals surface area contributed by atoms with Crippen molar-refractivity contribution in [1.29, 1.82) is 0 Å². The summed E-state index contributed by atoms with van der Waals surface area (Å²) in [5.74, 6) is 0. The minimum absolute atomic E-state index is 0.0866. The van der Waals surface area contributed by atoms with Gasteiger partial charge in [0.25, 0.3) is 0 Å². The van der Waals surface area contributed by atoms with Crippen LogP contribution in [0, 0.1) is 0 Å². The molecule has 5 heteroatoms. The van der Waals surface area contributed by atoms with E-state index in [0.29, 0.717) is 12.6 Å². The van der Waals surface area contributed by atoms with E-state index in [-0.39, 0.29) is 12.1 Å². The standard InChI is InChI=1S/C11H21ClN2O2/c1-8-5-6-9(7-14(8)12)13-10(15)16-11(2,3)4/h8-9H,5-7H2,1-4H3,(H,13,15)/t8-,9-/m0/s1. The predicted octanol–water partition coefficient (Wildman–Crippen LogP) is 2.52. The van der Waals surface area contributed by atoms with Crippen molar-refractivity contribution in [3.05, 3.63) is 0 Å². The Kier molecular flexibility index (Phi) is 4.44. The van der Waals surface area contributed by atoms with Crippen LogP contribution in [0.3, 0.4) is 0 Å². The van der Waals surface area contributed by atoms with E-state index in [1.54, 1.807) is 4.42 Å². The van der Waals surface area contributed by atoms with Crippen LogP contribution in [0.5, 0.6) is 0 Å². The van der Waals surface area contributed by atoms with Gasteiger partial charge in [0, 0.05) is 18.6 Å². The first kappa shape index (κ1) is 13.6. The minimum Gasteiger partial charge on any atom is -0.444 e. The van der Waals surface area contributed by atoms with Gasteiger partial charge in [-0.15, -0.1) is 0 Å². The van der Waals surface area contributed by atoms with Crippen LogP contribution in [0.1, 0.15) is 40.5 Å². The highest BCUT2D eigenvalue weighted by molar-refractivity contribution is 6.13. The summed E-state index contributed by atoms with van der Waals surface area (Å²) in [6, 6.07) is 0.460. The zero-order chi connectivity index (χ0) is 12.3. The SMILES string of the molecule is C[C@H]1CC[C@H](NC(=O)OC(C)(C)C)CN1Cl. The third kappa shape index (κ3) is 4.58. The predicted molar refractivity (Wildman–Crippen MR) is 64.4 cm³/mol. The van der Waals surface area contributed by atoms with Crippen LogP contribution in [-0.4, -0.2) is 34.7 Å². The molecule has 0 bridgehead atoms. The molecule has 1 heterocycles. The van der Waals surface area contributed by atoms with E-state index in [0.717, 1.165) is 12.8 Å². The van der Waals surface area contributed by atoms with Gasteiger partial charge in [-0.25, -0.2) is 9.21 Å². The highest BCUT2D eigenvalue weighted by Crippen LogP contribution is 2.19. The van der Waals surface area contributed by atoms with Gasteiger partial charge in [-0.1, -0.05) is 0 Å². The number of nitrogens with zero attached hydrogens (tertiary/aromatic N) is 1. The molecule has 1 N–H and O–H groups in total. The Labute approximate surface area is 102 Å². The normalized spacial score (nSPS) is 27.6. The molecule has 0 saturated carbocycles. The Balaban J connectivity index is 2.35. The Morgan fingerprint density at radius 3 is 2.56 bits per heavy atom. The molecule has 1 aliphatic rings. The summed E-state index contributed by atoms with van der Waals surface area (Å²) in [5, 5.41) is 2.84. The lowest BCUT2D eigenvalue weighted by molar-refractivity contribution is 0.0480. The summed E-state index contributed by atoms with van der Waals surface area (Å²) in [5.41, 5.74) is -0.452. The van der Waals surface area contributed by atoms with Gasteiger partial charge >= 0.3 is 6.09 Å². The summed E-state index contributed by atoms with van der Waals surface area (Å²) in [6.07, 6.45) is 1.57. The second-order valence-corrected chi connectivity index (χ2v) is 5.79. The van der Waals surface area contributed by atoms with Gasteiger partial charge in [0.2, 0.25) is 0 Å². The molecule has 1 amide bonds. The number of hydrogen-bond acceptors (Lipinski definition) is 3. The largest absolute Gasteiger partial charge is 0.444 e. The highest BCUT2D eigenvalue weighted by atomic mass is 35.5. The lowest BCUT2D eigenvalue weighted by Gasteiger charge is -2.33. The lowest BCUT2D eigenvalue weighted by atomic mass is 10.0. The minimum atomic E-state index is -0.452. The number of amides is 1. The summed E-state index contributed by atoms with van der Waals surface area (Å²) in [4.78, 5) is 11.5. The second-order valence-electron chi connectivity index (χ2n) is 5.35. The quantitative estimate of drug-likeness (QED) is 0.725. The molecular weight excluding hydrogens is 228 g/mol. The number of alkyl carbamates (subject to hydrolysis) is 1. The Morgan fingerprint density at radius 2 is 2.06 bits per heavy atom. The van der Waals surface area contributed by atoms with Crippen LogP contribution in [0.2, 0.25) is 0 Å². The van der Waals surface area contributed by atoms with Crippen LogP contribution in [0.15, 0.2) is 0 Å². The van der Waals surface area contributed by atoms with Crippen molar-refractivity contribution in [2.24, 2.45) is 0 Å². The van der Waals surface area contributed by atoms with Gasteiger partial charge in [0.15, 0.2) is 0 Å². The molecule has 0 spiro atoms. The van der Waals surface area contributed by atoms with Crippen molar-refractivity contribution in [2.45, 2.75) is 58.2 Å². The van der Waals surface area contributed by atoms with E-state index in [2.05, 4.69) is 12.2 Å². The molecule has 0 aliphatic carbocycles. The number of nitrogens with one attached hydrogen (secondary N) is 1. The van der Waals surface area contributed by atoms with E-state index in [1.807, 2.05) is 20.8 Å². The number of carbonyl (C=O) groups is 1. The first-order chi connectivity index (χ1) is 7.28. The van der Waals surface area contributed by atoms with Crippen molar-refractivity contribution in [3.8, 4) is 0 Å². The van der Waals surface area contributed by atoms with Gasteiger partial charge in [-0.2, -0.15) is 0 Å². The van der Waals surface area contributed by atoms with E-state index in [1.165, 1.54) is 0 Å². The molecule has 2 atom stereocenters. The second kappa shape index (κ2) is 5.23. The van der Waals surface area contributed by atoms with Crippen molar-refractivity contribution >= 4 is 17.9 Å². The van der Waals surface area contributed by atoms with Crippen molar-refractivity contribution in [2.75, 3.05) is 6.54 Å². The van der Waals surface area contributed by atoms with Gasteiger partial charge in [-0.05, 0) is 52.3 Å². The molecule has 16 heavy (non-hydrogen) atoms. The maximum absolute atomic E-state index is 11.5. The summed E-state index contributed by atoms with van der Waals surface area (Å²) in [6.45, 7) is 8.30. The van der Waals surface area contributed by atoms with Gasteiger partial charge < -0.3 is 10.1 Å². The number of hydrogen-bond donors (Lipinski definition) is 1. The zero-order valence-corrected chi connectivity index (χ0v) is 11.2. The van der Waals surface area contributed by atoms with Crippen molar-refractivity contribution in [3.63, 3.8) is 0 Å². The topological polar surface area (TPSA) is 41.6 Å². The monoisotopic (exact) mass is 248 g/mol. The third-order valence-electron chi connectivity index (χ3n) is 2.53. The van der Waals surface area contributed by atoms with E-state index in [9.17, 15) is 4.79 Å². The molecule has 0 radical (unpaired) electrons. The fraction of sp³-hybridized carbons (Fsp3) is 0.909. The van der Waals surface area contributed by atoms with Gasteiger partial charge in [0.05, 0.1) is 0 Å². The molecule has 94 valence electrons. The lowest BCUT2D eigenvalue weighted by Crippen LogP contribution is -2.48. The van der Waals surface area contributed by atoms with Crippen LogP contribution in [-0.2, 0) is 4.74 Å². The molecule has 1 saturated heterocycles. The molecule has 4 nitrogen and oxygen atoms in total. The van der Waals surface area contributed by atoms with Crippen LogP contribution >= 0.6 is 11.8 Å². The van der Waals surface area contributed by atoms with Crippen molar-refractivity contribution in [1.82, 2.24) is 9.74 Å². The maximum atomic E-state index is 11.5. The first-order valence-corrected chi connectivity index (χ1v) is 6.03. The number of halogens is 1. The molecule has 1 aliphatic heterocycles. The highest BCUT2D eigenvalue weighted by Gasteiger charge is 2.26. The Morgan fingerprint density at radius 1 is 1.44 bits per heavy atom.